The molecule has 0 rings (SSSR count). The van der Waals surface area contributed by atoms with E-state index in [4.69, 9.17) is 15.2 Å². The number of esters is 2. The quantitative estimate of drug-likeness (QED) is 0.0155. The second kappa shape index (κ2) is 57.6. The van der Waals surface area contributed by atoms with Crippen molar-refractivity contribution in [3.8, 4) is 0 Å². The lowest BCUT2D eigenvalue weighted by molar-refractivity contribution is -0.162. The topological polar surface area (TPSA) is 310 Å². The number of carbonyl (C=O) groups is 9. The number of aliphatic hydroxyl groups excluding tert-OH is 2. The lowest BCUT2D eigenvalue weighted by Crippen LogP contribution is -2.61. The highest BCUT2D eigenvalue weighted by Gasteiger charge is 2.36. The highest BCUT2D eigenvalue weighted by atomic mass is 32.1. The summed E-state index contributed by atoms with van der Waals surface area (Å²) in [6.45, 7) is 4.94. The summed E-state index contributed by atoms with van der Waals surface area (Å²) in [5.74, 6) is -8.68. The number of thiol groups is 1. The summed E-state index contributed by atoms with van der Waals surface area (Å²) in [6, 6.07) is -8.16. The van der Waals surface area contributed by atoms with E-state index < -0.39 is 116 Å². The minimum atomic E-state index is -1.82. The number of carbonyl (C=O) groups excluding carboxylic acids is 8. The number of carboxylic acids is 1. The third-order valence-electron chi connectivity index (χ3n) is 16.2. The van der Waals surface area contributed by atoms with Gasteiger partial charge in [0, 0.05) is 25.0 Å². The molecule has 20 nitrogen and oxygen atoms in total. The first-order valence-corrected chi connectivity index (χ1v) is 35.3. The highest BCUT2D eigenvalue weighted by Crippen LogP contribution is 2.19. The molecule has 6 amide bonds. The van der Waals surface area contributed by atoms with Crippen LogP contribution in [0.5, 0.6) is 0 Å². The van der Waals surface area contributed by atoms with E-state index in [1.54, 1.807) is 0 Å². The molecule has 0 saturated carbocycles. The molecule has 0 spiro atoms. The standard InChI is InChI=1S/C67H124N6O14S/c1-5-8-11-14-17-20-23-26-29-32-35-38-41-44-60(77)73(58(52-88)66(83)72-57(50-75)65(82)71-56(49-74)64(81)70-55(47-59(68)76)63(80)69-53(4)67(84)85)48-54(87-62(79)46-43-40-37-34-31-28-25-22-19-16-13-10-7-3)51-86-61(78)45-42-39-36-33-30-27-24-21-18-15-12-9-6-2/h53-58,74-75,88H,5-52H2,1-4H3,(H2,68,76)(H,69,80)(H,70,81)(H,71,82)(H,72,83)(H,84,85)/t53-,54?,55-,56-,57-,58-/m0/s1. The van der Waals surface area contributed by atoms with Crippen molar-refractivity contribution in [1.29, 1.82) is 0 Å². The minimum Gasteiger partial charge on any atom is -0.480 e. The molecule has 6 atom stereocenters. The number of rotatable bonds is 62. The summed E-state index contributed by atoms with van der Waals surface area (Å²) in [4.78, 5) is 120. The molecule has 0 fully saturated rings. The van der Waals surface area contributed by atoms with Gasteiger partial charge in [-0.1, -0.05) is 252 Å². The molecule has 0 heterocycles. The molecule has 1 unspecified atom stereocenters. The van der Waals surface area contributed by atoms with Gasteiger partial charge in [0.2, 0.25) is 35.4 Å². The van der Waals surface area contributed by atoms with Crippen LogP contribution in [0.3, 0.4) is 0 Å². The van der Waals surface area contributed by atoms with E-state index in [0.29, 0.717) is 19.3 Å². The monoisotopic (exact) mass is 1270 g/mol. The maximum Gasteiger partial charge on any atom is 0.325 e. The number of nitrogens with one attached hydrogen (secondary N) is 4. The van der Waals surface area contributed by atoms with Gasteiger partial charge in [-0.15, -0.1) is 0 Å². The number of aliphatic carboxylic acids is 1. The van der Waals surface area contributed by atoms with Gasteiger partial charge >= 0.3 is 17.9 Å². The Labute approximate surface area is 535 Å². The van der Waals surface area contributed by atoms with Crippen LogP contribution in [0.4, 0.5) is 0 Å². The molecule has 21 heteroatoms. The molecular weight excluding hydrogens is 1140 g/mol. The Bertz CT molecular complexity index is 1870. The SMILES string of the molecule is CCCCCCCCCCCCCCCC(=O)OCC(CN(C(=O)CCCCCCCCCCCCCCC)[C@@H](CS)C(=O)N[C@@H](CO)C(=O)N[C@@H](CO)C(=O)N[C@@H](CC(N)=O)C(=O)N[C@@H](C)C(=O)O)OC(=O)CCCCCCCCCCCCCCC. The van der Waals surface area contributed by atoms with Crippen molar-refractivity contribution in [1.82, 2.24) is 26.2 Å². The number of nitrogens with two attached hydrogens (primary N) is 1. The van der Waals surface area contributed by atoms with Crippen LogP contribution in [0.2, 0.25) is 0 Å². The van der Waals surface area contributed by atoms with Crippen molar-refractivity contribution < 1.29 is 67.9 Å². The number of hydrogen-bond acceptors (Lipinski definition) is 14. The second-order valence-electron chi connectivity index (χ2n) is 24.3. The van der Waals surface area contributed by atoms with Crippen molar-refractivity contribution in [2.45, 2.75) is 340 Å². The number of primary amides is 1. The molecule has 0 aliphatic heterocycles. The number of carboxylic acid groups (broad SMARTS) is 1. The Kier molecular flexibility index (Phi) is 54.7. The van der Waals surface area contributed by atoms with Crippen molar-refractivity contribution in [3.05, 3.63) is 0 Å². The molecule has 0 aliphatic rings. The number of unbranched alkanes of at least 4 members (excludes halogenated alkanes) is 36. The van der Waals surface area contributed by atoms with E-state index in [-0.39, 0.29) is 31.6 Å². The normalized spacial score (nSPS) is 13.3. The predicted molar refractivity (Wildman–Crippen MR) is 350 cm³/mol. The fourth-order valence-corrected chi connectivity index (χ4v) is 10.9. The van der Waals surface area contributed by atoms with Crippen LogP contribution < -0.4 is 27.0 Å². The zero-order valence-corrected chi connectivity index (χ0v) is 56.1. The number of nitrogens with zero attached hydrogens (tertiary/aromatic N) is 1. The van der Waals surface area contributed by atoms with Gasteiger partial charge in [-0.05, 0) is 26.2 Å². The molecule has 0 bridgehead atoms. The summed E-state index contributed by atoms with van der Waals surface area (Å²) in [6.07, 6.45) is 42.0. The van der Waals surface area contributed by atoms with Crippen LogP contribution in [0.25, 0.3) is 0 Å². The minimum absolute atomic E-state index is 0.00890. The van der Waals surface area contributed by atoms with E-state index >= 15 is 0 Å². The Hall–Kier alpha value is -4.50. The Balaban J connectivity index is 6.37. The highest BCUT2D eigenvalue weighted by molar-refractivity contribution is 7.80. The Morgan fingerprint density at radius 3 is 1.10 bits per heavy atom. The van der Waals surface area contributed by atoms with Crippen LogP contribution >= 0.6 is 12.6 Å². The predicted octanol–water partition coefficient (Wildman–Crippen LogP) is 10.9. The molecule has 0 aromatic heterocycles. The summed E-state index contributed by atoms with van der Waals surface area (Å²) < 4.78 is 11.8. The molecule has 9 N–H and O–H groups in total. The van der Waals surface area contributed by atoms with E-state index in [9.17, 15) is 58.5 Å². The molecule has 512 valence electrons. The van der Waals surface area contributed by atoms with Gasteiger partial charge in [0.05, 0.1) is 26.2 Å². The lowest BCUT2D eigenvalue weighted by Gasteiger charge is -2.34. The van der Waals surface area contributed by atoms with Crippen LogP contribution in [-0.4, -0.2) is 142 Å². The first-order valence-electron chi connectivity index (χ1n) is 34.7. The maximum absolute atomic E-state index is 14.5. The van der Waals surface area contributed by atoms with E-state index in [0.717, 1.165) is 90.4 Å². The Morgan fingerprint density at radius 1 is 0.443 bits per heavy atom. The van der Waals surface area contributed by atoms with Crippen molar-refractivity contribution in [3.63, 3.8) is 0 Å². The molecular formula is C67H124N6O14S. The average molecular weight is 1270 g/mol. The zero-order valence-electron chi connectivity index (χ0n) is 55.2. The molecule has 0 radical (unpaired) electrons. The number of aliphatic hydroxyl groups is 2. The third-order valence-corrected chi connectivity index (χ3v) is 16.5. The van der Waals surface area contributed by atoms with Crippen LogP contribution in [0.1, 0.15) is 304 Å². The summed E-state index contributed by atoms with van der Waals surface area (Å²) in [7, 11) is 0. The van der Waals surface area contributed by atoms with Gasteiger partial charge in [-0.3, -0.25) is 43.2 Å². The fraction of sp³-hybridized carbons (Fsp3) is 0.866. The van der Waals surface area contributed by atoms with E-state index in [1.165, 1.54) is 153 Å². The number of ether oxygens (including phenoxy) is 2. The molecule has 0 aromatic rings. The zero-order chi connectivity index (χ0) is 65.4. The second-order valence-corrected chi connectivity index (χ2v) is 24.7. The van der Waals surface area contributed by atoms with Crippen LogP contribution in [0.15, 0.2) is 0 Å². The summed E-state index contributed by atoms with van der Waals surface area (Å²) in [5, 5.41) is 38.7. The van der Waals surface area contributed by atoms with Crippen LogP contribution in [0, 0.1) is 0 Å². The first kappa shape index (κ1) is 83.5. The third kappa shape index (κ3) is 45.7. The van der Waals surface area contributed by atoms with Gasteiger partial charge in [0.25, 0.3) is 0 Å². The maximum atomic E-state index is 14.5. The fourth-order valence-electron chi connectivity index (χ4n) is 10.6. The van der Waals surface area contributed by atoms with Crippen molar-refractivity contribution >= 4 is 66.0 Å². The average Bonchev–Trinajstić information content (AvgIpc) is 3.25. The van der Waals surface area contributed by atoms with Crippen molar-refractivity contribution in [2.24, 2.45) is 5.73 Å². The number of amides is 6. The Morgan fingerprint density at radius 2 is 0.761 bits per heavy atom. The van der Waals surface area contributed by atoms with Gasteiger partial charge in [0.1, 0.15) is 36.8 Å². The molecule has 0 aliphatic carbocycles. The van der Waals surface area contributed by atoms with E-state index in [2.05, 4.69) is 54.7 Å². The lowest BCUT2D eigenvalue weighted by atomic mass is 10.0. The summed E-state index contributed by atoms with van der Waals surface area (Å²) in [5.41, 5.74) is 5.27. The largest absolute Gasteiger partial charge is 0.480 e. The first-order chi connectivity index (χ1) is 42.5. The smallest absolute Gasteiger partial charge is 0.325 e. The summed E-state index contributed by atoms with van der Waals surface area (Å²) >= 11 is 4.48. The van der Waals surface area contributed by atoms with Gasteiger partial charge in [0.15, 0.2) is 6.10 Å². The number of hydrogen-bond donors (Lipinski definition) is 9. The van der Waals surface area contributed by atoms with Gasteiger partial charge < -0.3 is 56.7 Å². The van der Waals surface area contributed by atoms with Crippen LogP contribution in [-0.2, 0) is 52.6 Å². The molecule has 0 saturated heterocycles. The van der Waals surface area contributed by atoms with Gasteiger partial charge in [-0.25, -0.2) is 0 Å². The van der Waals surface area contributed by atoms with Crippen molar-refractivity contribution in [2.75, 3.05) is 32.1 Å². The molecule has 0 aromatic carbocycles. The van der Waals surface area contributed by atoms with Gasteiger partial charge in [-0.2, -0.15) is 12.6 Å². The van der Waals surface area contributed by atoms with E-state index in [1.807, 2.05) is 0 Å². The molecule has 88 heavy (non-hydrogen) atoms.